The fraction of sp³-hybridized carbons (Fsp3) is 0.625. The molecule has 5 unspecified atom stereocenters. The van der Waals surface area contributed by atoms with Gasteiger partial charge in [0.1, 0.15) is 36.3 Å². The molecular formula is C24H37ClN7O19P3S. The largest absolute Gasteiger partial charge is 0.481 e. The van der Waals surface area contributed by atoms with Crippen molar-refractivity contribution in [3.05, 3.63) is 12.7 Å². The second-order valence-electron chi connectivity index (χ2n) is 11.9. The Hall–Kier alpha value is -2.68. The summed E-state index contributed by atoms with van der Waals surface area (Å²) in [7, 11) is -16.5. The highest BCUT2D eigenvalue weighted by molar-refractivity contribution is 8.14. The second kappa shape index (κ2) is 19.2. The topological polar surface area (TPSA) is 401 Å². The maximum absolute atomic E-state index is 12.6. The number of carboxylic acids is 1. The van der Waals surface area contributed by atoms with Crippen molar-refractivity contribution in [3.63, 3.8) is 0 Å². The molecule has 0 bridgehead atoms. The fourth-order valence-corrected chi connectivity index (χ4v) is 8.13. The lowest BCUT2D eigenvalue weighted by atomic mass is 9.87. The number of phosphoric acid groups is 3. The Morgan fingerprint density at radius 1 is 1.07 bits per heavy atom. The number of thioether (sulfide) groups is 1. The molecule has 31 heteroatoms. The van der Waals surface area contributed by atoms with Crippen LogP contribution in [0.2, 0.25) is 0 Å². The third-order valence-corrected chi connectivity index (χ3v) is 11.7. The first-order valence-electron chi connectivity index (χ1n) is 15.3. The van der Waals surface area contributed by atoms with Crippen molar-refractivity contribution < 1.29 is 90.4 Å². The fourth-order valence-electron chi connectivity index (χ4n) is 4.46. The van der Waals surface area contributed by atoms with E-state index in [0.717, 1.165) is 17.2 Å². The summed E-state index contributed by atoms with van der Waals surface area (Å²) in [6.45, 7) is 0.00866. The number of alkyl halides is 1. The van der Waals surface area contributed by atoms with Gasteiger partial charge in [-0.25, -0.2) is 28.6 Å². The highest BCUT2D eigenvalue weighted by atomic mass is 35.5. The Morgan fingerprint density at radius 3 is 2.36 bits per heavy atom. The van der Waals surface area contributed by atoms with E-state index < -0.39 is 101 Å². The average molecular weight is 888 g/mol. The molecule has 1 aliphatic heterocycles. The van der Waals surface area contributed by atoms with Gasteiger partial charge in [-0.1, -0.05) is 25.6 Å². The number of imidazole rings is 1. The molecule has 2 aromatic heterocycles. The van der Waals surface area contributed by atoms with E-state index in [-0.39, 0.29) is 42.2 Å². The summed E-state index contributed by atoms with van der Waals surface area (Å²) in [5, 5.41) is 32.2. The number of ether oxygens (including phenoxy) is 1. The summed E-state index contributed by atoms with van der Waals surface area (Å²) in [5.41, 5.74) is 4.17. The molecule has 3 heterocycles. The third-order valence-electron chi connectivity index (χ3n) is 7.17. The van der Waals surface area contributed by atoms with Gasteiger partial charge in [0.25, 0.3) is 0 Å². The number of aromatic nitrogens is 4. The molecule has 0 aliphatic carbocycles. The minimum atomic E-state index is -5.60. The van der Waals surface area contributed by atoms with Crippen molar-refractivity contribution in [2.75, 3.05) is 37.8 Å². The average Bonchev–Trinajstić information content (AvgIpc) is 3.64. The molecule has 1 saturated heterocycles. The van der Waals surface area contributed by atoms with E-state index in [2.05, 4.69) is 34.4 Å². The number of carbonyl (C=O) groups excluding carboxylic acids is 3. The lowest BCUT2D eigenvalue weighted by molar-refractivity contribution is -0.138. The Balaban J connectivity index is 1.50. The molecule has 1 aliphatic rings. The number of phosphoric ester groups is 3. The van der Waals surface area contributed by atoms with Crippen molar-refractivity contribution in [1.29, 1.82) is 0 Å². The predicted molar refractivity (Wildman–Crippen MR) is 184 cm³/mol. The molecule has 310 valence electrons. The number of hydrogen-bond acceptors (Lipinski definition) is 19. The summed E-state index contributed by atoms with van der Waals surface area (Å²) >= 11 is 5.99. The number of hydrogen-bond donors (Lipinski definition) is 10. The van der Waals surface area contributed by atoms with Crippen molar-refractivity contribution in [2.24, 2.45) is 5.41 Å². The van der Waals surface area contributed by atoms with Crippen LogP contribution < -0.4 is 16.4 Å². The maximum Gasteiger partial charge on any atom is 0.481 e. The van der Waals surface area contributed by atoms with Gasteiger partial charge in [0.15, 0.2) is 23.1 Å². The van der Waals surface area contributed by atoms with Crippen LogP contribution in [0.15, 0.2) is 12.7 Å². The van der Waals surface area contributed by atoms with Crippen LogP contribution in [0.1, 0.15) is 26.5 Å². The van der Waals surface area contributed by atoms with E-state index in [1.165, 1.54) is 13.8 Å². The van der Waals surface area contributed by atoms with Crippen molar-refractivity contribution in [1.82, 2.24) is 30.2 Å². The Morgan fingerprint density at radius 2 is 1.73 bits per heavy atom. The molecule has 11 N–H and O–H groups in total. The van der Waals surface area contributed by atoms with Crippen molar-refractivity contribution in [3.8, 4) is 0 Å². The molecule has 26 nitrogen and oxygen atoms in total. The van der Waals surface area contributed by atoms with Gasteiger partial charge in [-0.2, -0.15) is 4.31 Å². The number of nitrogens with two attached hydrogens (primary N) is 1. The SMILES string of the molecule is CC(C)(COP(=O)(O)OP(=O)(O)OC[C@@H]1O[C@H](n2cnc3c(N)ncnc32)C(O)C1OP(=O)(O)O)[C@H](O)C(=O)NCCC(=O)NCCSC(=O)C(Cl)C(=O)O. The van der Waals surface area contributed by atoms with E-state index in [1.807, 2.05) is 0 Å². The van der Waals surface area contributed by atoms with E-state index in [1.54, 1.807) is 0 Å². The number of nitrogens with zero attached hydrogens (tertiary/aromatic N) is 4. The number of amides is 2. The third kappa shape index (κ3) is 13.7. The zero-order chi connectivity index (χ0) is 41.5. The summed E-state index contributed by atoms with van der Waals surface area (Å²) in [6.07, 6.45) is -7.19. The van der Waals surface area contributed by atoms with Crippen LogP contribution in [0.5, 0.6) is 0 Å². The summed E-state index contributed by atoms with van der Waals surface area (Å²) in [4.78, 5) is 97.4. The maximum atomic E-state index is 12.6. The van der Waals surface area contributed by atoms with Crippen LogP contribution in [-0.4, -0.2) is 139 Å². The van der Waals surface area contributed by atoms with Gasteiger partial charge in [0.2, 0.25) is 16.9 Å². The number of rotatable bonds is 21. The number of carboxylic acid groups (broad SMARTS) is 1. The summed E-state index contributed by atoms with van der Waals surface area (Å²) < 4.78 is 61.8. The van der Waals surface area contributed by atoms with E-state index in [4.69, 9.17) is 36.2 Å². The Bertz CT molecular complexity index is 1870. The van der Waals surface area contributed by atoms with Crippen LogP contribution in [0.3, 0.4) is 0 Å². The summed E-state index contributed by atoms with van der Waals surface area (Å²) in [6, 6.07) is 0. The van der Waals surface area contributed by atoms with Gasteiger partial charge in [-0.15, -0.1) is 11.6 Å². The normalized spacial score (nSPS) is 22.3. The molecule has 8 atom stereocenters. The lowest BCUT2D eigenvalue weighted by Crippen LogP contribution is -2.46. The van der Waals surface area contributed by atoms with Gasteiger partial charge in [-0.05, 0) is 0 Å². The van der Waals surface area contributed by atoms with Crippen LogP contribution in [-0.2, 0) is 55.5 Å². The van der Waals surface area contributed by atoms with Crippen LogP contribution in [0.4, 0.5) is 5.82 Å². The molecule has 0 saturated carbocycles. The molecule has 0 radical (unpaired) electrons. The van der Waals surface area contributed by atoms with Crippen molar-refractivity contribution >= 4 is 86.7 Å². The van der Waals surface area contributed by atoms with E-state index in [0.29, 0.717) is 11.8 Å². The van der Waals surface area contributed by atoms with Crippen molar-refractivity contribution in [2.45, 2.75) is 56.3 Å². The van der Waals surface area contributed by atoms with Crippen LogP contribution in [0.25, 0.3) is 11.2 Å². The van der Waals surface area contributed by atoms with Gasteiger partial charge < -0.3 is 56.0 Å². The van der Waals surface area contributed by atoms with Gasteiger partial charge in [0.05, 0.1) is 19.5 Å². The number of nitrogens with one attached hydrogen (secondary N) is 2. The first kappa shape index (κ1) is 46.7. The molecule has 2 amide bonds. The monoisotopic (exact) mass is 887 g/mol. The molecule has 0 aromatic carbocycles. The number of anilines is 1. The lowest BCUT2D eigenvalue weighted by Gasteiger charge is -2.30. The van der Waals surface area contributed by atoms with E-state index in [9.17, 15) is 62.7 Å². The van der Waals surface area contributed by atoms with Gasteiger partial charge in [-0.3, -0.25) is 37.3 Å². The van der Waals surface area contributed by atoms with E-state index >= 15 is 0 Å². The summed E-state index contributed by atoms with van der Waals surface area (Å²) in [5.74, 6) is -3.17. The highest BCUT2D eigenvalue weighted by Gasteiger charge is 2.50. The number of aliphatic carboxylic acids is 1. The minimum absolute atomic E-state index is 0.0152. The molecular weight excluding hydrogens is 851 g/mol. The quantitative estimate of drug-likeness (QED) is 0.0291. The molecule has 55 heavy (non-hydrogen) atoms. The number of aliphatic hydroxyl groups excluding tert-OH is 2. The number of fused-ring (bicyclic) bond motifs is 1. The zero-order valence-electron chi connectivity index (χ0n) is 28.4. The Labute approximate surface area is 318 Å². The van der Waals surface area contributed by atoms with Crippen LogP contribution in [0, 0.1) is 5.41 Å². The molecule has 3 rings (SSSR count). The second-order valence-corrected chi connectivity index (χ2v) is 17.7. The number of aliphatic hydroxyl groups is 2. The number of halogens is 1. The van der Waals surface area contributed by atoms with Gasteiger partial charge >= 0.3 is 29.4 Å². The smallest absolute Gasteiger partial charge is 0.480 e. The number of nitrogen functional groups attached to an aromatic ring is 1. The van der Waals surface area contributed by atoms with Gasteiger partial charge in [0, 0.05) is 30.7 Å². The highest BCUT2D eigenvalue weighted by Crippen LogP contribution is 2.61. The first-order valence-corrected chi connectivity index (χ1v) is 21.2. The standard InChI is InChI=1S/C24H37ClN7O19P3S/c1-24(2,17(35)20(36)28-4-3-12(33)27-5-6-55-23(39)13(25)22(37)38)8-48-54(45,46)51-53(43,44)47-7-11-16(50-52(40,41)42)15(34)21(49-11)32-10-31-14-18(26)29-9-30-19(14)32/h9-11,13,15-17,21,34-35H,3-8H2,1-2H3,(H,27,33)(H,28,36)(H,37,38)(H,43,44)(H,45,46)(H2,26,29,30)(H2,40,41,42)/t11-,13?,15?,16?,17+,21-/m0/s1. The molecule has 1 fully saturated rings. The Kier molecular flexibility index (Phi) is 16.3. The predicted octanol–water partition coefficient (Wildman–Crippen LogP) is -1.64. The van der Waals surface area contributed by atoms with Crippen LogP contribution >= 0.6 is 46.8 Å². The first-order chi connectivity index (χ1) is 25.3. The molecule has 0 spiro atoms. The number of carbonyl (C=O) groups is 4. The zero-order valence-corrected chi connectivity index (χ0v) is 32.6. The molecule has 2 aromatic rings. The minimum Gasteiger partial charge on any atom is -0.480 e.